The molecule has 0 radical (unpaired) electrons. The van der Waals surface area contributed by atoms with Gasteiger partial charge < -0.3 is 10.3 Å². The van der Waals surface area contributed by atoms with Gasteiger partial charge in [0.15, 0.2) is 5.03 Å². The van der Waals surface area contributed by atoms with Crippen LogP contribution < -0.4 is 5.73 Å². The largest absolute Gasteiger partial charge is 0.392 e. The predicted octanol–water partition coefficient (Wildman–Crippen LogP) is 1.04. The zero-order chi connectivity index (χ0) is 14.9. The second-order valence-electron chi connectivity index (χ2n) is 5.00. The van der Waals surface area contributed by atoms with Crippen molar-refractivity contribution in [2.75, 3.05) is 6.54 Å². The number of aromatic nitrogens is 2. The zero-order valence-electron chi connectivity index (χ0n) is 11.7. The van der Waals surface area contributed by atoms with Crippen LogP contribution in [0.5, 0.6) is 0 Å². The van der Waals surface area contributed by atoms with E-state index in [0.29, 0.717) is 18.8 Å². The van der Waals surface area contributed by atoms with E-state index in [4.69, 9.17) is 18.0 Å². The summed E-state index contributed by atoms with van der Waals surface area (Å²) in [5.41, 5.74) is 5.65. The minimum atomic E-state index is -3.62. The van der Waals surface area contributed by atoms with Gasteiger partial charge in [-0.1, -0.05) is 19.1 Å². The van der Waals surface area contributed by atoms with Crippen molar-refractivity contribution in [2.45, 2.75) is 50.7 Å². The van der Waals surface area contributed by atoms with E-state index < -0.39 is 10.0 Å². The molecule has 0 aliphatic carbocycles. The predicted molar refractivity (Wildman–Crippen MR) is 81.0 cm³/mol. The number of hydrogen-bond acceptors (Lipinski definition) is 4. The molecule has 0 spiro atoms. The van der Waals surface area contributed by atoms with E-state index in [1.165, 1.54) is 4.31 Å². The average molecular weight is 316 g/mol. The van der Waals surface area contributed by atoms with Crippen molar-refractivity contribution in [2.24, 2.45) is 5.73 Å². The number of hydrogen-bond donors (Lipinski definition) is 1. The van der Waals surface area contributed by atoms with E-state index >= 15 is 0 Å². The molecule has 20 heavy (non-hydrogen) atoms. The third-order valence-corrected chi connectivity index (χ3v) is 5.58. The van der Waals surface area contributed by atoms with Crippen LogP contribution in [0.2, 0.25) is 0 Å². The first-order valence-electron chi connectivity index (χ1n) is 6.73. The second-order valence-corrected chi connectivity index (χ2v) is 7.30. The van der Waals surface area contributed by atoms with Crippen LogP contribution >= 0.6 is 12.2 Å². The highest BCUT2D eigenvalue weighted by atomic mass is 32.2. The molecule has 0 amide bonds. The highest BCUT2D eigenvalue weighted by Gasteiger charge is 2.38. The van der Waals surface area contributed by atoms with Gasteiger partial charge in [0.25, 0.3) is 10.0 Å². The van der Waals surface area contributed by atoms with Crippen molar-refractivity contribution in [3.05, 3.63) is 12.0 Å². The van der Waals surface area contributed by atoms with Crippen molar-refractivity contribution in [1.82, 2.24) is 13.9 Å². The Morgan fingerprint density at radius 1 is 1.60 bits per heavy atom. The smallest absolute Gasteiger partial charge is 0.262 e. The SMILES string of the molecule is CCCn1cc(S(=O)(=O)N2CCCC2C(N)=S)nc1C. The minimum Gasteiger partial charge on any atom is -0.392 e. The molecule has 1 fully saturated rings. The molecular weight excluding hydrogens is 296 g/mol. The number of rotatable bonds is 5. The van der Waals surface area contributed by atoms with Crippen molar-refractivity contribution in [3.8, 4) is 0 Å². The van der Waals surface area contributed by atoms with Gasteiger partial charge in [0.1, 0.15) is 5.82 Å². The van der Waals surface area contributed by atoms with Crippen molar-refractivity contribution in [1.29, 1.82) is 0 Å². The Balaban J connectivity index is 2.35. The van der Waals surface area contributed by atoms with Crippen LogP contribution in [0.3, 0.4) is 0 Å². The fourth-order valence-corrected chi connectivity index (χ4v) is 4.49. The lowest BCUT2D eigenvalue weighted by Crippen LogP contribution is -2.42. The van der Waals surface area contributed by atoms with Crippen molar-refractivity contribution in [3.63, 3.8) is 0 Å². The minimum absolute atomic E-state index is 0.0894. The first-order valence-corrected chi connectivity index (χ1v) is 8.57. The van der Waals surface area contributed by atoms with E-state index in [9.17, 15) is 8.42 Å². The molecule has 1 aliphatic rings. The van der Waals surface area contributed by atoms with E-state index in [1.54, 1.807) is 6.20 Å². The second kappa shape index (κ2) is 5.79. The van der Waals surface area contributed by atoms with E-state index in [-0.39, 0.29) is 16.1 Å². The molecule has 1 aromatic heterocycles. The lowest BCUT2D eigenvalue weighted by atomic mass is 10.2. The molecule has 2 heterocycles. The first kappa shape index (κ1) is 15.4. The van der Waals surface area contributed by atoms with Crippen molar-refractivity contribution >= 4 is 27.2 Å². The van der Waals surface area contributed by atoms with Crippen LogP contribution in [-0.4, -0.2) is 39.8 Å². The van der Waals surface area contributed by atoms with Gasteiger partial charge in [0.05, 0.1) is 11.0 Å². The molecule has 1 atom stereocenters. The number of nitrogens with two attached hydrogens (primary N) is 1. The summed E-state index contributed by atoms with van der Waals surface area (Å²) in [5, 5.41) is 0.0894. The Hall–Kier alpha value is -0.990. The van der Waals surface area contributed by atoms with E-state index in [1.807, 2.05) is 18.4 Å². The molecule has 1 aromatic rings. The molecule has 1 unspecified atom stereocenters. The maximum atomic E-state index is 12.7. The number of imidazole rings is 1. The summed E-state index contributed by atoms with van der Waals surface area (Å²) in [6, 6.07) is -0.383. The summed E-state index contributed by atoms with van der Waals surface area (Å²) in [4.78, 5) is 4.42. The molecule has 1 saturated heterocycles. The fraction of sp³-hybridized carbons (Fsp3) is 0.667. The normalized spacial score (nSPS) is 20.4. The van der Waals surface area contributed by atoms with Gasteiger partial charge in [-0.15, -0.1) is 0 Å². The van der Waals surface area contributed by atoms with E-state index in [0.717, 1.165) is 19.4 Å². The van der Waals surface area contributed by atoms with Crippen LogP contribution in [-0.2, 0) is 16.6 Å². The molecule has 1 aliphatic heterocycles. The summed E-state index contributed by atoms with van der Waals surface area (Å²) in [6.07, 6.45) is 3.98. The molecular formula is C12H20N4O2S2. The third kappa shape index (κ3) is 2.72. The van der Waals surface area contributed by atoms with Crippen molar-refractivity contribution < 1.29 is 8.42 Å². The molecule has 0 aromatic carbocycles. The Kier molecular flexibility index (Phi) is 4.46. The lowest BCUT2D eigenvalue weighted by molar-refractivity contribution is 0.444. The summed E-state index contributed by atoms with van der Waals surface area (Å²) in [7, 11) is -3.62. The van der Waals surface area contributed by atoms with E-state index in [2.05, 4.69) is 4.98 Å². The molecule has 2 rings (SSSR count). The molecule has 8 heteroatoms. The fourth-order valence-electron chi connectivity index (χ4n) is 2.50. The maximum absolute atomic E-state index is 12.7. The van der Waals surface area contributed by atoms with Gasteiger partial charge in [-0.2, -0.15) is 4.31 Å². The van der Waals surface area contributed by atoms with Gasteiger partial charge >= 0.3 is 0 Å². The topological polar surface area (TPSA) is 81.2 Å². The zero-order valence-corrected chi connectivity index (χ0v) is 13.4. The number of aryl methyl sites for hydroxylation is 2. The lowest BCUT2D eigenvalue weighted by Gasteiger charge is -2.21. The molecule has 112 valence electrons. The monoisotopic (exact) mass is 316 g/mol. The summed E-state index contributed by atoms with van der Waals surface area (Å²) in [5.74, 6) is 0.705. The Morgan fingerprint density at radius 3 is 2.90 bits per heavy atom. The van der Waals surface area contributed by atoms with Gasteiger partial charge in [-0.05, 0) is 26.2 Å². The van der Waals surface area contributed by atoms with Crippen LogP contribution in [0.15, 0.2) is 11.2 Å². The quantitative estimate of drug-likeness (QED) is 0.821. The van der Waals surface area contributed by atoms with Gasteiger partial charge in [-0.3, -0.25) is 0 Å². The standard InChI is InChI=1S/C12H20N4O2S2/c1-3-6-15-8-11(14-9(15)2)20(17,18)16-7-4-5-10(16)12(13)19/h8,10H,3-7H2,1-2H3,(H2,13,19). The van der Waals surface area contributed by atoms with Crippen LogP contribution in [0.4, 0.5) is 0 Å². The third-order valence-electron chi connectivity index (χ3n) is 3.52. The molecule has 0 bridgehead atoms. The first-order chi connectivity index (χ1) is 9.37. The maximum Gasteiger partial charge on any atom is 0.262 e. The Labute approximate surface area is 125 Å². The number of nitrogens with zero attached hydrogens (tertiary/aromatic N) is 3. The average Bonchev–Trinajstić information content (AvgIpc) is 2.98. The number of sulfonamides is 1. The van der Waals surface area contributed by atoms with Gasteiger partial charge in [-0.25, -0.2) is 13.4 Å². The summed E-state index contributed by atoms with van der Waals surface area (Å²) in [6.45, 7) is 5.05. The molecule has 2 N–H and O–H groups in total. The van der Waals surface area contributed by atoms with Crippen LogP contribution in [0.25, 0.3) is 0 Å². The Bertz CT molecular complexity index is 609. The highest BCUT2D eigenvalue weighted by Crippen LogP contribution is 2.26. The highest BCUT2D eigenvalue weighted by molar-refractivity contribution is 7.89. The Morgan fingerprint density at radius 2 is 2.30 bits per heavy atom. The summed E-state index contributed by atoms with van der Waals surface area (Å²) < 4.78 is 28.6. The van der Waals surface area contributed by atoms with Gasteiger partial charge in [0, 0.05) is 19.3 Å². The van der Waals surface area contributed by atoms with Crippen LogP contribution in [0, 0.1) is 6.92 Å². The van der Waals surface area contributed by atoms with Crippen LogP contribution in [0.1, 0.15) is 32.0 Å². The molecule has 0 saturated carbocycles. The van der Waals surface area contributed by atoms with Gasteiger partial charge in [0.2, 0.25) is 0 Å². The summed E-state index contributed by atoms with van der Waals surface area (Å²) >= 11 is 4.97. The number of thiocarbonyl (C=S) groups is 1. The molecule has 6 nitrogen and oxygen atoms in total.